The van der Waals surface area contributed by atoms with Crippen LogP contribution in [0.5, 0.6) is 11.9 Å². The Bertz CT molecular complexity index is 1350. The summed E-state index contributed by atoms with van der Waals surface area (Å²) in [4.78, 5) is 21.3. The van der Waals surface area contributed by atoms with E-state index in [9.17, 15) is 13.2 Å². The molecule has 0 unspecified atom stereocenters. The molecule has 0 fully saturated rings. The number of sulfonamides is 1. The summed E-state index contributed by atoms with van der Waals surface area (Å²) >= 11 is 1.53. The molecule has 4 aromatic rings. The number of methoxy groups -OCH3 is 2. The fraction of sp³-hybridized carbons (Fsp3) is 0.100. The summed E-state index contributed by atoms with van der Waals surface area (Å²) in [6.45, 7) is 0. The number of anilines is 2. The van der Waals surface area contributed by atoms with Crippen LogP contribution in [0.1, 0.15) is 10.5 Å². The molecule has 13 heteroatoms. The van der Waals surface area contributed by atoms with Gasteiger partial charge in [0, 0.05) is 11.8 Å². The Hall–Kier alpha value is -3.97. The monoisotopic (exact) mass is 486 g/mol. The molecule has 33 heavy (non-hydrogen) atoms. The molecule has 0 bridgehead atoms. The Morgan fingerprint density at radius 2 is 1.85 bits per heavy atom. The minimum Gasteiger partial charge on any atom is -0.481 e. The maximum Gasteiger partial charge on any atom is 0.321 e. The Morgan fingerprint density at radius 3 is 2.52 bits per heavy atom. The van der Waals surface area contributed by atoms with Gasteiger partial charge in [0.15, 0.2) is 11.5 Å². The van der Waals surface area contributed by atoms with E-state index in [0.717, 1.165) is 10.6 Å². The Kier molecular flexibility index (Phi) is 6.24. The third kappa shape index (κ3) is 5.10. The zero-order valence-corrected chi connectivity index (χ0v) is 19.0. The number of hydrogen-bond donors (Lipinski definition) is 3. The average molecular weight is 487 g/mol. The van der Waals surface area contributed by atoms with E-state index in [2.05, 4.69) is 30.2 Å². The zero-order chi connectivity index (χ0) is 23.4. The van der Waals surface area contributed by atoms with Crippen molar-refractivity contribution in [1.82, 2.24) is 20.2 Å². The number of hydrogen-bond acceptors (Lipinski definition) is 9. The van der Waals surface area contributed by atoms with Crippen LogP contribution >= 0.6 is 11.3 Å². The van der Waals surface area contributed by atoms with E-state index in [1.54, 1.807) is 6.07 Å². The third-order valence-corrected chi connectivity index (χ3v) is 6.61. The Balaban J connectivity index is 1.46. The van der Waals surface area contributed by atoms with Crippen molar-refractivity contribution >= 4 is 38.8 Å². The smallest absolute Gasteiger partial charge is 0.321 e. The van der Waals surface area contributed by atoms with Gasteiger partial charge in [0.25, 0.3) is 15.9 Å². The van der Waals surface area contributed by atoms with Crippen molar-refractivity contribution in [2.24, 2.45) is 0 Å². The molecule has 3 N–H and O–H groups in total. The van der Waals surface area contributed by atoms with Gasteiger partial charge in [-0.1, -0.05) is 6.07 Å². The second-order valence-electron chi connectivity index (χ2n) is 6.51. The van der Waals surface area contributed by atoms with Gasteiger partial charge in [-0.05, 0) is 41.8 Å². The van der Waals surface area contributed by atoms with Gasteiger partial charge in [-0.2, -0.15) is 15.1 Å². The molecular formula is C20H18N6O5S2. The highest BCUT2D eigenvalue weighted by Crippen LogP contribution is 2.24. The quantitative estimate of drug-likeness (QED) is 0.344. The van der Waals surface area contributed by atoms with Gasteiger partial charge in [0.05, 0.1) is 29.7 Å². The summed E-state index contributed by atoms with van der Waals surface area (Å²) in [7, 11) is -1.22. The standard InChI is InChI=1S/C20H18N6O5S2/c1-30-18-11-17(22-20(23-18)31-2)26-33(28,29)13-7-5-12(6-8-13)21-19(27)15-10-14(24-25-15)16-4-3-9-32-16/h3-11H,1-2H3,(H,21,27)(H,24,25)(H,22,23,26). The fourth-order valence-corrected chi connectivity index (χ4v) is 4.44. The normalized spacial score (nSPS) is 11.1. The van der Waals surface area contributed by atoms with Gasteiger partial charge >= 0.3 is 6.01 Å². The van der Waals surface area contributed by atoms with Crippen LogP contribution in [0.2, 0.25) is 0 Å². The number of nitrogens with zero attached hydrogens (tertiary/aromatic N) is 3. The Labute approximate surface area is 192 Å². The minimum absolute atomic E-state index is 0.0174. The molecule has 170 valence electrons. The molecule has 11 nitrogen and oxygen atoms in total. The molecule has 0 radical (unpaired) electrons. The first kappa shape index (κ1) is 22.2. The number of nitrogens with one attached hydrogen (secondary N) is 3. The van der Waals surface area contributed by atoms with Gasteiger partial charge < -0.3 is 14.8 Å². The lowest BCUT2D eigenvalue weighted by atomic mass is 10.3. The first-order chi connectivity index (χ1) is 15.9. The van der Waals surface area contributed by atoms with E-state index in [4.69, 9.17) is 9.47 Å². The maximum absolute atomic E-state index is 12.7. The molecule has 0 atom stereocenters. The van der Waals surface area contributed by atoms with Crippen molar-refractivity contribution in [1.29, 1.82) is 0 Å². The number of aromatic amines is 1. The third-order valence-electron chi connectivity index (χ3n) is 4.33. The maximum atomic E-state index is 12.7. The fourth-order valence-electron chi connectivity index (χ4n) is 2.76. The summed E-state index contributed by atoms with van der Waals surface area (Å²) in [5.41, 5.74) is 1.36. The summed E-state index contributed by atoms with van der Waals surface area (Å²) < 4.78 is 37.7. The summed E-state index contributed by atoms with van der Waals surface area (Å²) in [5.74, 6) is -0.308. The summed E-state index contributed by atoms with van der Waals surface area (Å²) in [6, 6.07) is 12.4. The molecule has 0 saturated carbocycles. The molecule has 3 heterocycles. The van der Waals surface area contributed by atoms with Crippen molar-refractivity contribution in [2.45, 2.75) is 4.90 Å². The van der Waals surface area contributed by atoms with Gasteiger partial charge in [-0.3, -0.25) is 14.6 Å². The number of amides is 1. The second-order valence-corrected chi connectivity index (χ2v) is 9.14. The molecular weight excluding hydrogens is 468 g/mol. The average Bonchev–Trinajstić information content (AvgIpc) is 3.51. The lowest BCUT2D eigenvalue weighted by molar-refractivity contribution is 0.102. The number of rotatable bonds is 8. The molecule has 1 amide bonds. The second kappa shape index (κ2) is 9.26. The molecule has 3 aromatic heterocycles. The number of benzene rings is 1. The molecule has 1 aromatic carbocycles. The van der Waals surface area contributed by atoms with Crippen LogP contribution in [-0.4, -0.2) is 48.7 Å². The Morgan fingerprint density at radius 1 is 1.06 bits per heavy atom. The lowest BCUT2D eigenvalue weighted by Crippen LogP contribution is -2.15. The van der Waals surface area contributed by atoms with E-state index in [0.29, 0.717) is 5.69 Å². The number of aromatic nitrogens is 4. The van der Waals surface area contributed by atoms with Crippen molar-refractivity contribution in [3.63, 3.8) is 0 Å². The molecule has 0 spiro atoms. The van der Waals surface area contributed by atoms with Crippen LogP contribution in [-0.2, 0) is 10.0 Å². The number of thiophene rings is 1. The zero-order valence-electron chi connectivity index (χ0n) is 17.4. The van der Waals surface area contributed by atoms with Crippen molar-refractivity contribution in [3.8, 4) is 22.5 Å². The highest BCUT2D eigenvalue weighted by Gasteiger charge is 2.18. The SMILES string of the molecule is COc1cc(NS(=O)(=O)c2ccc(NC(=O)c3cc(-c4cccs4)[nH]n3)cc2)nc(OC)n1. The predicted molar refractivity (Wildman–Crippen MR) is 122 cm³/mol. The topological polar surface area (TPSA) is 148 Å². The highest BCUT2D eigenvalue weighted by atomic mass is 32.2. The molecule has 0 aliphatic carbocycles. The highest BCUT2D eigenvalue weighted by molar-refractivity contribution is 7.92. The van der Waals surface area contributed by atoms with E-state index in [-0.39, 0.29) is 28.3 Å². The van der Waals surface area contributed by atoms with Crippen LogP contribution in [0.4, 0.5) is 11.5 Å². The molecule has 4 rings (SSSR count). The summed E-state index contributed by atoms with van der Waals surface area (Å²) in [6.07, 6.45) is 0. The van der Waals surface area contributed by atoms with Crippen molar-refractivity contribution in [3.05, 3.63) is 59.6 Å². The number of carbonyl (C=O) groups excluding carboxylic acids is 1. The first-order valence-electron chi connectivity index (χ1n) is 9.38. The largest absolute Gasteiger partial charge is 0.481 e. The predicted octanol–water partition coefficient (Wildman–Crippen LogP) is 3.00. The first-order valence-corrected chi connectivity index (χ1v) is 11.7. The van der Waals surface area contributed by atoms with Crippen LogP contribution < -0.4 is 19.5 Å². The number of H-pyrrole nitrogens is 1. The lowest BCUT2D eigenvalue weighted by Gasteiger charge is -2.10. The van der Waals surface area contributed by atoms with Gasteiger partial charge in [0.2, 0.25) is 5.88 Å². The van der Waals surface area contributed by atoms with Crippen LogP contribution in [0.25, 0.3) is 10.6 Å². The molecule has 0 aliphatic rings. The van der Waals surface area contributed by atoms with Gasteiger partial charge in [0.1, 0.15) is 0 Å². The molecule has 0 aliphatic heterocycles. The van der Waals surface area contributed by atoms with Crippen molar-refractivity contribution < 1.29 is 22.7 Å². The van der Waals surface area contributed by atoms with Gasteiger partial charge in [-0.25, -0.2) is 8.42 Å². The van der Waals surface area contributed by atoms with E-state index < -0.39 is 15.9 Å². The summed E-state index contributed by atoms with van der Waals surface area (Å²) in [5, 5.41) is 11.5. The van der Waals surface area contributed by atoms with Crippen LogP contribution in [0.15, 0.2) is 58.8 Å². The minimum atomic E-state index is -3.96. The van der Waals surface area contributed by atoms with Crippen LogP contribution in [0, 0.1) is 0 Å². The van der Waals surface area contributed by atoms with E-state index >= 15 is 0 Å². The van der Waals surface area contributed by atoms with Crippen LogP contribution in [0.3, 0.4) is 0 Å². The van der Waals surface area contributed by atoms with E-state index in [1.165, 1.54) is 55.9 Å². The van der Waals surface area contributed by atoms with Crippen molar-refractivity contribution in [2.75, 3.05) is 24.3 Å². The number of carbonyl (C=O) groups is 1. The van der Waals surface area contributed by atoms with Gasteiger partial charge in [-0.15, -0.1) is 11.3 Å². The number of ether oxygens (including phenoxy) is 2. The molecule has 0 saturated heterocycles. The van der Waals surface area contributed by atoms with E-state index in [1.807, 2.05) is 17.5 Å².